The van der Waals surface area contributed by atoms with Crippen LogP contribution in [0.5, 0.6) is 0 Å². The predicted octanol–water partition coefficient (Wildman–Crippen LogP) is 3.66. The largest absolute Gasteiger partial charge is 0.313 e. The van der Waals surface area contributed by atoms with Crippen molar-refractivity contribution in [2.45, 2.75) is 53.2 Å². The quantitative estimate of drug-likeness (QED) is 0.769. The molecule has 0 saturated carbocycles. The molecule has 1 rings (SSSR count). The Morgan fingerprint density at radius 2 is 1.63 bits per heavy atom. The van der Waals surface area contributed by atoms with Crippen molar-refractivity contribution < 1.29 is 0 Å². The van der Waals surface area contributed by atoms with Crippen molar-refractivity contribution in [3.63, 3.8) is 0 Å². The van der Waals surface area contributed by atoms with E-state index in [2.05, 4.69) is 69.2 Å². The van der Waals surface area contributed by atoms with Gasteiger partial charge in [-0.25, -0.2) is 0 Å². The van der Waals surface area contributed by atoms with Crippen molar-refractivity contribution in [1.82, 2.24) is 10.2 Å². The molecule has 0 heterocycles. The first-order valence-electron chi connectivity index (χ1n) is 7.51. The molecule has 0 aliphatic rings. The molecule has 1 aromatic rings. The van der Waals surface area contributed by atoms with Gasteiger partial charge in [0.15, 0.2) is 0 Å². The molecule has 0 aliphatic carbocycles. The van der Waals surface area contributed by atoms with Gasteiger partial charge in [-0.05, 0) is 44.0 Å². The van der Waals surface area contributed by atoms with Crippen molar-refractivity contribution >= 4 is 0 Å². The Morgan fingerprint density at radius 3 is 2.16 bits per heavy atom. The SMILES string of the molecule is CCNCc1ccc(CN(C)C(C)CC(C)C)cc1. The van der Waals surface area contributed by atoms with Crippen molar-refractivity contribution in [1.29, 1.82) is 0 Å². The second-order valence-corrected chi connectivity index (χ2v) is 5.99. The molecule has 0 aliphatic heterocycles. The van der Waals surface area contributed by atoms with E-state index in [9.17, 15) is 0 Å². The first-order chi connectivity index (χ1) is 9.02. The molecule has 1 aromatic carbocycles. The summed E-state index contributed by atoms with van der Waals surface area (Å²) < 4.78 is 0. The van der Waals surface area contributed by atoms with Crippen molar-refractivity contribution in [3.8, 4) is 0 Å². The lowest BCUT2D eigenvalue weighted by molar-refractivity contribution is 0.220. The molecule has 0 saturated heterocycles. The van der Waals surface area contributed by atoms with Crippen molar-refractivity contribution in [2.24, 2.45) is 5.92 Å². The van der Waals surface area contributed by atoms with Gasteiger partial charge in [0.1, 0.15) is 0 Å². The maximum atomic E-state index is 3.35. The van der Waals surface area contributed by atoms with Crippen LogP contribution in [0.3, 0.4) is 0 Å². The predicted molar refractivity (Wildman–Crippen MR) is 84.2 cm³/mol. The minimum Gasteiger partial charge on any atom is -0.313 e. The number of rotatable bonds is 8. The van der Waals surface area contributed by atoms with E-state index in [1.165, 1.54) is 17.5 Å². The average molecular weight is 262 g/mol. The number of hydrogen-bond donors (Lipinski definition) is 1. The fraction of sp³-hybridized carbons (Fsp3) is 0.647. The zero-order valence-corrected chi connectivity index (χ0v) is 13.2. The molecule has 0 radical (unpaired) electrons. The lowest BCUT2D eigenvalue weighted by Gasteiger charge is -2.26. The first kappa shape index (κ1) is 16.2. The summed E-state index contributed by atoms with van der Waals surface area (Å²) in [6.45, 7) is 12.1. The normalized spacial score (nSPS) is 13.2. The van der Waals surface area contributed by atoms with Gasteiger partial charge in [0, 0.05) is 19.1 Å². The Kier molecular flexibility index (Phi) is 7.11. The van der Waals surface area contributed by atoms with E-state index in [-0.39, 0.29) is 0 Å². The molecule has 19 heavy (non-hydrogen) atoms. The Labute approximate surface area is 119 Å². The maximum Gasteiger partial charge on any atom is 0.0233 e. The van der Waals surface area contributed by atoms with Gasteiger partial charge >= 0.3 is 0 Å². The summed E-state index contributed by atoms with van der Waals surface area (Å²) in [5, 5.41) is 3.35. The van der Waals surface area contributed by atoms with Gasteiger partial charge < -0.3 is 5.32 Å². The van der Waals surface area contributed by atoms with Gasteiger partial charge in [0.25, 0.3) is 0 Å². The standard InChI is InChI=1S/C17H30N2/c1-6-18-12-16-7-9-17(10-8-16)13-19(5)15(4)11-14(2)3/h7-10,14-15,18H,6,11-13H2,1-5H3. The Hall–Kier alpha value is -0.860. The molecule has 2 nitrogen and oxygen atoms in total. The topological polar surface area (TPSA) is 15.3 Å². The van der Waals surface area contributed by atoms with E-state index in [4.69, 9.17) is 0 Å². The van der Waals surface area contributed by atoms with Crippen LogP contribution in [-0.2, 0) is 13.1 Å². The van der Waals surface area contributed by atoms with E-state index in [0.717, 1.165) is 25.6 Å². The molecule has 0 aromatic heterocycles. The highest BCUT2D eigenvalue weighted by molar-refractivity contribution is 5.22. The van der Waals surface area contributed by atoms with Crippen LogP contribution >= 0.6 is 0 Å². The van der Waals surface area contributed by atoms with Crippen LogP contribution in [0.2, 0.25) is 0 Å². The summed E-state index contributed by atoms with van der Waals surface area (Å²) in [6.07, 6.45) is 1.26. The van der Waals surface area contributed by atoms with Gasteiger partial charge in [0.05, 0.1) is 0 Å². The number of hydrogen-bond acceptors (Lipinski definition) is 2. The number of nitrogens with one attached hydrogen (secondary N) is 1. The van der Waals surface area contributed by atoms with Crippen LogP contribution in [0.1, 0.15) is 45.2 Å². The lowest BCUT2D eigenvalue weighted by Crippen LogP contribution is -2.29. The summed E-state index contributed by atoms with van der Waals surface area (Å²) in [4.78, 5) is 2.44. The Morgan fingerprint density at radius 1 is 1.05 bits per heavy atom. The monoisotopic (exact) mass is 262 g/mol. The molecular formula is C17H30N2. The Balaban J connectivity index is 2.48. The third-order valence-electron chi connectivity index (χ3n) is 3.60. The van der Waals surface area contributed by atoms with Crippen molar-refractivity contribution in [2.75, 3.05) is 13.6 Å². The van der Waals surface area contributed by atoms with Crippen molar-refractivity contribution in [3.05, 3.63) is 35.4 Å². The van der Waals surface area contributed by atoms with E-state index in [1.807, 2.05) is 0 Å². The zero-order chi connectivity index (χ0) is 14.3. The maximum absolute atomic E-state index is 3.35. The lowest BCUT2D eigenvalue weighted by atomic mass is 10.0. The smallest absolute Gasteiger partial charge is 0.0233 e. The highest BCUT2D eigenvalue weighted by Gasteiger charge is 2.11. The minimum absolute atomic E-state index is 0.640. The second-order valence-electron chi connectivity index (χ2n) is 5.99. The summed E-state index contributed by atoms with van der Waals surface area (Å²) in [5.74, 6) is 0.764. The molecule has 108 valence electrons. The van der Waals surface area contributed by atoms with Crippen LogP contribution in [0.25, 0.3) is 0 Å². The highest BCUT2D eigenvalue weighted by atomic mass is 15.1. The molecular weight excluding hydrogens is 232 g/mol. The number of nitrogens with zero attached hydrogens (tertiary/aromatic N) is 1. The highest BCUT2D eigenvalue weighted by Crippen LogP contribution is 2.13. The zero-order valence-electron chi connectivity index (χ0n) is 13.2. The van der Waals surface area contributed by atoms with Crippen LogP contribution in [0.15, 0.2) is 24.3 Å². The van der Waals surface area contributed by atoms with Gasteiger partial charge in [-0.15, -0.1) is 0 Å². The Bertz CT molecular complexity index is 343. The van der Waals surface area contributed by atoms with Gasteiger partial charge in [-0.2, -0.15) is 0 Å². The van der Waals surface area contributed by atoms with Crippen LogP contribution in [0, 0.1) is 5.92 Å². The molecule has 0 spiro atoms. The molecule has 1 unspecified atom stereocenters. The van der Waals surface area contributed by atoms with Gasteiger partial charge in [-0.3, -0.25) is 4.90 Å². The first-order valence-corrected chi connectivity index (χ1v) is 7.51. The third-order valence-corrected chi connectivity index (χ3v) is 3.60. The molecule has 0 fully saturated rings. The van der Waals surface area contributed by atoms with E-state index >= 15 is 0 Å². The molecule has 1 atom stereocenters. The average Bonchev–Trinajstić information content (AvgIpc) is 2.37. The fourth-order valence-corrected chi connectivity index (χ4v) is 2.34. The summed E-state index contributed by atoms with van der Waals surface area (Å²) >= 11 is 0. The van der Waals surface area contributed by atoms with Crippen LogP contribution in [0.4, 0.5) is 0 Å². The summed E-state index contributed by atoms with van der Waals surface area (Å²) in [7, 11) is 2.22. The van der Waals surface area contributed by atoms with Gasteiger partial charge in [-0.1, -0.05) is 45.0 Å². The minimum atomic E-state index is 0.640. The van der Waals surface area contributed by atoms with E-state index in [0.29, 0.717) is 6.04 Å². The van der Waals surface area contributed by atoms with E-state index in [1.54, 1.807) is 0 Å². The number of benzene rings is 1. The molecule has 2 heteroatoms. The van der Waals surface area contributed by atoms with Gasteiger partial charge in [0.2, 0.25) is 0 Å². The fourth-order valence-electron chi connectivity index (χ4n) is 2.34. The summed E-state index contributed by atoms with van der Waals surface area (Å²) in [6, 6.07) is 9.62. The van der Waals surface area contributed by atoms with Crippen LogP contribution < -0.4 is 5.32 Å². The summed E-state index contributed by atoms with van der Waals surface area (Å²) in [5.41, 5.74) is 2.77. The second kappa shape index (κ2) is 8.34. The molecule has 1 N–H and O–H groups in total. The third kappa shape index (κ3) is 6.22. The van der Waals surface area contributed by atoms with Crippen LogP contribution in [-0.4, -0.2) is 24.5 Å². The molecule has 0 bridgehead atoms. The van der Waals surface area contributed by atoms with E-state index < -0.39 is 0 Å². The molecule has 0 amide bonds.